The van der Waals surface area contributed by atoms with Crippen molar-refractivity contribution in [2.24, 2.45) is 0 Å². The standard InChI is InChI=1S/C23H20F2N4O4/c24-14-1-4-16(18(25)8-14)20-17(11-30)21(23(31)32)28-22(27-20)12-5-6-33-19(7-12)13-9-26-29(10-13)15-2-3-15/h1,4,8-12,15,19H,2-3,5-7H2,(H,31,32)/t12?,19-/m1/s1. The third-order valence-corrected chi connectivity index (χ3v) is 6.03. The molecule has 1 aliphatic carbocycles. The van der Waals surface area contributed by atoms with Crippen molar-refractivity contribution in [2.45, 2.75) is 43.7 Å². The van der Waals surface area contributed by atoms with E-state index in [0.29, 0.717) is 31.6 Å². The molecule has 5 rings (SSSR count). The lowest BCUT2D eigenvalue weighted by Crippen LogP contribution is -2.22. The van der Waals surface area contributed by atoms with Gasteiger partial charge >= 0.3 is 5.97 Å². The largest absolute Gasteiger partial charge is 0.476 e. The van der Waals surface area contributed by atoms with Crippen molar-refractivity contribution in [1.29, 1.82) is 0 Å². The second-order valence-electron chi connectivity index (χ2n) is 8.31. The molecule has 2 aromatic heterocycles. The molecule has 1 N–H and O–H groups in total. The molecule has 0 bridgehead atoms. The van der Waals surface area contributed by atoms with Gasteiger partial charge in [0, 0.05) is 35.9 Å². The summed E-state index contributed by atoms with van der Waals surface area (Å²) < 4.78 is 35.8. The summed E-state index contributed by atoms with van der Waals surface area (Å²) in [7, 11) is 0. The number of nitrogens with zero attached hydrogens (tertiary/aromatic N) is 4. The van der Waals surface area contributed by atoms with Crippen LogP contribution in [0.15, 0.2) is 30.6 Å². The van der Waals surface area contributed by atoms with Gasteiger partial charge in [-0.15, -0.1) is 0 Å². The topological polar surface area (TPSA) is 107 Å². The van der Waals surface area contributed by atoms with Gasteiger partial charge in [0.15, 0.2) is 12.0 Å². The fraction of sp³-hybridized carbons (Fsp3) is 0.348. The number of halogens is 2. The van der Waals surface area contributed by atoms with Crippen molar-refractivity contribution >= 4 is 12.3 Å². The number of carbonyl (C=O) groups is 2. The number of benzene rings is 1. The maximum absolute atomic E-state index is 14.5. The van der Waals surface area contributed by atoms with E-state index in [0.717, 1.165) is 30.5 Å². The van der Waals surface area contributed by atoms with E-state index in [1.807, 2.05) is 10.9 Å². The minimum Gasteiger partial charge on any atom is -0.476 e. The molecule has 1 aliphatic heterocycles. The molecule has 3 heterocycles. The molecule has 2 atom stereocenters. The first-order valence-electron chi connectivity index (χ1n) is 10.7. The number of carboxylic acid groups (broad SMARTS) is 1. The molecular weight excluding hydrogens is 434 g/mol. The summed E-state index contributed by atoms with van der Waals surface area (Å²) >= 11 is 0. The van der Waals surface area contributed by atoms with Gasteiger partial charge in [-0.05, 0) is 37.8 Å². The lowest BCUT2D eigenvalue weighted by molar-refractivity contribution is 0.00388. The first-order valence-corrected chi connectivity index (χ1v) is 10.7. The summed E-state index contributed by atoms with van der Waals surface area (Å²) in [6.45, 7) is 0.394. The number of carbonyl (C=O) groups excluding carboxylic acids is 1. The van der Waals surface area contributed by atoms with Gasteiger partial charge in [-0.1, -0.05) is 0 Å². The molecule has 3 aromatic rings. The molecule has 0 amide bonds. The molecule has 0 radical (unpaired) electrons. The Balaban J connectivity index is 1.53. The smallest absolute Gasteiger partial charge is 0.355 e. The number of aromatic nitrogens is 4. The van der Waals surface area contributed by atoms with Crippen LogP contribution in [0, 0.1) is 11.6 Å². The summed E-state index contributed by atoms with van der Waals surface area (Å²) in [4.78, 5) is 32.1. The van der Waals surface area contributed by atoms with Gasteiger partial charge < -0.3 is 9.84 Å². The molecular formula is C23H20F2N4O4. The molecule has 1 unspecified atom stereocenters. The highest BCUT2D eigenvalue weighted by molar-refractivity contribution is 5.99. The molecule has 1 saturated carbocycles. The Morgan fingerprint density at radius 2 is 2.03 bits per heavy atom. The number of aldehydes is 1. The molecule has 170 valence electrons. The first-order chi connectivity index (χ1) is 15.9. The molecule has 1 aromatic carbocycles. The number of hydrogen-bond acceptors (Lipinski definition) is 6. The third-order valence-electron chi connectivity index (χ3n) is 6.03. The Morgan fingerprint density at radius 1 is 1.21 bits per heavy atom. The van der Waals surface area contributed by atoms with Crippen LogP contribution in [0.5, 0.6) is 0 Å². The lowest BCUT2D eigenvalue weighted by Gasteiger charge is -2.28. The van der Waals surface area contributed by atoms with Crippen LogP contribution in [-0.2, 0) is 4.74 Å². The van der Waals surface area contributed by atoms with Crippen LogP contribution in [0.3, 0.4) is 0 Å². The van der Waals surface area contributed by atoms with Gasteiger partial charge in [0.2, 0.25) is 0 Å². The van der Waals surface area contributed by atoms with Crippen molar-refractivity contribution < 1.29 is 28.2 Å². The van der Waals surface area contributed by atoms with Gasteiger partial charge in [-0.25, -0.2) is 23.5 Å². The maximum Gasteiger partial charge on any atom is 0.355 e. The average molecular weight is 454 g/mol. The normalized spacial score (nSPS) is 20.5. The van der Waals surface area contributed by atoms with Gasteiger partial charge in [0.05, 0.1) is 29.6 Å². The summed E-state index contributed by atoms with van der Waals surface area (Å²) in [6.07, 6.45) is 6.95. The van der Waals surface area contributed by atoms with Crippen LogP contribution in [0.25, 0.3) is 11.3 Å². The fourth-order valence-electron chi connectivity index (χ4n) is 4.15. The molecule has 2 fully saturated rings. The first kappa shape index (κ1) is 21.3. The van der Waals surface area contributed by atoms with Crippen LogP contribution < -0.4 is 0 Å². The van der Waals surface area contributed by atoms with Crippen LogP contribution >= 0.6 is 0 Å². The van der Waals surface area contributed by atoms with E-state index in [-0.39, 0.29) is 41.0 Å². The monoisotopic (exact) mass is 454 g/mol. The Bertz CT molecular complexity index is 1240. The number of aromatic carboxylic acids is 1. The molecule has 8 nitrogen and oxygen atoms in total. The highest BCUT2D eigenvalue weighted by Crippen LogP contribution is 2.39. The van der Waals surface area contributed by atoms with Crippen molar-refractivity contribution in [3.05, 3.63) is 64.9 Å². The minimum atomic E-state index is -1.43. The van der Waals surface area contributed by atoms with Crippen LogP contribution in [0.1, 0.15) is 76.0 Å². The number of ether oxygens (including phenoxy) is 1. The molecule has 33 heavy (non-hydrogen) atoms. The van der Waals surface area contributed by atoms with Crippen molar-refractivity contribution in [2.75, 3.05) is 6.61 Å². The summed E-state index contributed by atoms with van der Waals surface area (Å²) in [5.41, 5.74) is -0.294. The third kappa shape index (κ3) is 4.13. The number of carboxylic acids is 1. The summed E-state index contributed by atoms with van der Waals surface area (Å²) in [5, 5.41) is 14.1. The van der Waals surface area contributed by atoms with Crippen molar-refractivity contribution in [3.63, 3.8) is 0 Å². The minimum absolute atomic E-state index is 0.168. The fourth-order valence-corrected chi connectivity index (χ4v) is 4.15. The quantitative estimate of drug-likeness (QED) is 0.559. The number of hydrogen-bond donors (Lipinski definition) is 1. The van der Waals surface area contributed by atoms with E-state index in [9.17, 15) is 23.5 Å². The molecule has 2 aliphatic rings. The second-order valence-corrected chi connectivity index (χ2v) is 8.31. The van der Waals surface area contributed by atoms with Crippen molar-refractivity contribution in [1.82, 2.24) is 19.7 Å². The Hall–Kier alpha value is -3.53. The van der Waals surface area contributed by atoms with Crippen LogP contribution in [0.4, 0.5) is 8.78 Å². The zero-order valence-electron chi connectivity index (χ0n) is 17.4. The van der Waals surface area contributed by atoms with Gasteiger partial charge in [-0.3, -0.25) is 9.48 Å². The van der Waals surface area contributed by atoms with Gasteiger partial charge in [0.25, 0.3) is 0 Å². The average Bonchev–Trinajstić information content (AvgIpc) is 3.54. The maximum atomic E-state index is 14.5. The summed E-state index contributed by atoms with van der Waals surface area (Å²) in [6, 6.07) is 3.25. The van der Waals surface area contributed by atoms with Gasteiger partial charge in [-0.2, -0.15) is 5.10 Å². The lowest BCUT2D eigenvalue weighted by atomic mass is 9.91. The second kappa shape index (κ2) is 8.43. The Labute approximate surface area is 187 Å². The zero-order chi connectivity index (χ0) is 23.1. The van der Waals surface area contributed by atoms with E-state index in [4.69, 9.17) is 4.74 Å². The van der Waals surface area contributed by atoms with E-state index in [2.05, 4.69) is 15.1 Å². The summed E-state index contributed by atoms with van der Waals surface area (Å²) in [5.74, 6) is -3.28. The Kier molecular flexibility index (Phi) is 5.45. The van der Waals surface area contributed by atoms with E-state index < -0.39 is 23.3 Å². The van der Waals surface area contributed by atoms with E-state index >= 15 is 0 Å². The van der Waals surface area contributed by atoms with E-state index in [1.165, 1.54) is 0 Å². The van der Waals surface area contributed by atoms with Crippen LogP contribution in [0.2, 0.25) is 0 Å². The zero-order valence-corrected chi connectivity index (χ0v) is 17.4. The van der Waals surface area contributed by atoms with E-state index in [1.54, 1.807) is 6.20 Å². The SMILES string of the molecule is O=Cc1c(C(=O)O)nc(C2CCO[C@@H](c3cnn(C4CC4)c3)C2)nc1-c1ccc(F)cc1F. The van der Waals surface area contributed by atoms with Gasteiger partial charge in [0.1, 0.15) is 17.5 Å². The predicted molar refractivity (Wildman–Crippen MR) is 111 cm³/mol. The highest BCUT2D eigenvalue weighted by atomic mass is 19.1. The number of rotatable bonds is 6. The predicted octanol–water partition coefficient (Wildman–Crippen LogP) is 4.10. The molecule has 10 heteroatoms. The Morgan fingerprint density at radius 3 is 2.73 bits per heavy atom. The highest BCUT2D eigenvalue weighted by Gasteiger charge is 2.32. The van der Waals surface area contributed by atoms with Crippen LogP contribution in [-0.4, -0.2) is 43.7 Å². The van der Waals surface area contributed by atoms with Crippen molar-refractivity contribution in [3.8, 4) is 11.3 Å². The molecule has 0 spiro atoms. The molecule has 1 saturated heterocycles.